The molecule has 1 amide bonds. The molecular weight excluding hydrogens is 417 g/mol. The molecule has 166 valence electrons. The summed E-state index contributed by atoms with van der Waals surface area (Å²) in [6, 6.07) is 25.8. The second-order valence-electron chi connectivity index (χ2n) is 8.34. The summed E-state index contributed by atoms with van der Waals surface area (Å²) < 4.78 is 18.8. The Morgan fingerprint density at radius 2 is 1.58 bits per heavy atom. The van der Waals surface area contributed by atoms with E-state index in [2.05, 4.69) is 10.1 Å². The maximum absolute atomic E-state index is 13.8. The molecule has 1 aromatic heterocycles. The van der Waals surface area contributed by atoms with E-state index >= 15 is 0 Å². The highest BCUT2D eigenvalue weighted by Crippen LogP contribution is 2.32. The molecular formula is C27H24FN3O2. The zero-order valence-corrected chi connectivity index (χ0v) is 18.1. The average Bonchev–Trinajstić information content (AvgIpc) is 3.36. The van der Waals surface area contributed by atoms with Crippen molar-refractivity contribution in [1.82, 2.24) is 15.0 Å². The summed E-state index contributed by atoms with van der Waals surface area (Å²) in [6.45, 7) is 1.23. The van der Waals surface area contributed by atoms with Crippen molar-refractivity contribution in [3.8, 4) is 11.4 Å². The van der Waals surface area contributed by atoms with E-state index in [-0.39, 0.29) is 23.6 Å². The third kappa shape index (κ3) is 4.55. The van der Waals surface area contributed by atoms with Crippen LogP contribution in [-0.2, 0) is 4.79 Å². The topological polar surface area (TPSA) is 59.2 Å². The summed E-state index contributed by atoms with van der Waals surface area (Å²) in [6.07, 6.45) is 1.73. The van der Waals surface area contributed by atoms with Gasteiger partial charge in [0.25, 0.3) is 0 Å². The maximum atomic E-state index is 13.8. The Bertz CT molecular complexity index is 1170. The van der Waals surface area contributed by atoms with E-state index in [0.29, 0.717) is 30.4 Å². The van der Waals surface area contributed by atoms with Crippen LogP contribution in [0.1, 0.15) is 41.7 Å². The van der Waals surface area contributed by atoms with Crippen molar-refractivity contribution >= 4 is 5.91 Å². The molecule has 2 heterocycles. The molecule has 1 unspecified atom stereocenters. The lowest BCUT2D eigenvalue weighted by Gasteiger charge is -2.34. The summed E-state index contributed by atoms with van der Waals surface area (Å²) >= 11 is 0. The van der Waals surface area contributed by atoms with Crippen LogP contribution >= 0.6 is 0 Å². The SMILES string of the molecule is O=C(C(c1ccccc1)c1ccccc1)N1CCCC(c2nc(-c3ccc(F)cc3)no2)C1. The van der Waals surface area contributed by atoms with Gasteiger partial charge in [0.15, 0.2) is 0 Å². The van der Waals surface area contributed by atoms with Gasteiger partial charge in [0.2, 0.25) is 17.6 Å². The zero-order valence-electron chi connectivity index (χ0n) is 18.1. The molecule has 5 nitrogen and oxygen atoms in total. The van der Waals surface area contributed by atoms with Crippen LogP contribution in [0.3, 0.4) is 0 Å². The summed E-state index contributed by atoms with van der Waals surface area (Å²) in [4.78, 5) is 20.2. The second-order valence-corrected chi connectivity index (χ2v) is 8.34. The highest BCUT2D eigenvalue weighted by molar-refractivity contribution is 5.87. The molecule has 0 N–H and O–H groups in total. The fourth-order valence-corrected chi connectivity index (χ4v) is 4.45. The number of hydrogen-bond donors (Lipinski definition) is 0. The second kappa shape index (κ2) is 9.36. The van der Waals surface area contributed by atoms with Crippen molar-refractivity contribution in [2.45, 2.75) is 24.7 Å². The van der Waals surface area contributed by atoms with Gasteiger partial charge in [0.1, 0.15) is 5.82 Å². The highest BCUT2D eigenvalue weighted by atomic mass is 19.1. The van der Waals surface area contributed by atoms with Crippen LogP contribution in [0.4, 0.5) is 4.39 Å². The molecule has 5 rings (SSSR count). The van der Waals surface area contributed by atoms with Gasteiger partial charge in [-0.15, -0.1) is 0 Å². The third-order valence-electron chi connectivity index (χ3n) is 6.14. The van der Waals surface area contributed by atoms with E-state index in [1.807, 2.05) is 65.6 Å². The van der Waals surface area contributed by atoms with Gasteiger partial charge in [0, 0.05) is 18.7 Å². The number of aromatic nitrogens is 2. The van der Waals surface area contributed by atoms with Crippen LogP contribution in [0, 0.1) is 5.82 Å². The first-order chi connectivity index (χ1) is 16.2. The first-order valence-electron chi connectivity index (χ1n) is 11.2. The number of benzene rings is 3. The number of halogens is 1. The number of nitrogens with zero attached hydrogens (tertiary/aromatic N) is 3. The molecule has 1 atom stereocenters. The number of likely N-dealkylation sites (tertiary alicyclic amines) is 1. The van der Waals surface area contributed by atoms with Crippen molar-refractivity contribution in [2.24, 2.45) is 0 Å². The smallest absolute Gasteiger partial charge is 0.234 e. The molecule has 3 aromatic carbocycles. The molecule has 4 aromatic rings. The van der Waals surface area contributed by atoms with E-state index in [0.717, 1.165) is 24.0 Å². The van der Waals surface area contributed by atoms with Crippen molar-refractivity contribution in [1.29, 1.82) is 0 Å². The summed E-state index contributed by atoms with van der Waals surface area (Å²) in [7, 11) is 0. The van der Waals surface area contributed by atoms with Crippen LogP contribution < -0.4 is 0 Å². The van der Waals surface area contributed by atoms with Gasteiger partial charge >= 0.3 is 0 Å². The molecule has 33 heavy (non-hydrogen) atoms. The molecule has 1 aliphatic heterocycles. The first kappa shape index (κ1) is 21.1. The van der Waals surface area contributed by atoms with E-state index in [4.69, 9.17) is 4.52 Å². The van der Waals surface area contributed by atoms with Gasteiger partial charge in [-0.1, -0.05) is 65.8 Å². The minimum Gasteiger partial charge on any atom is -0.341 e. The third-order valence-corrected chi connectivity index (χ3v) is 6.14. The Kier molecular flexibility index (Phi) is 5.98. The molecule has 0 saturated carbocycles. The van der Waals surface area contributed by atoms with Crippen LogP contribution in [0.5, 0.6) is 0 Å². The van der Waals surface area contributed by atoms with Crippen LogP contribution in [0.15, 0.2) is 89.5 Å². The van der Waals surface area contributed by atoms with Gasteiger partial charge in [0.05, 0.1) is 11.8 Å². The van der Waals surface area contributed by atoms with E-state index < -0.39 is 0 Å². The lowest BCUT2D eigenvalue weighted by molar-refractivity contribution is -0.133. The lowest BCUT2D eigenvalue weighted by Crippen LogP contribution is -2.42. The van der Waals surface area contributed by atoms with Crippen LogP contribution in [0.25, 0.3) is 11.4 Å². The van der Waals surface area contributed by atoms with Crippen molar-refractivity contribution in [3.05, 3.63) is 108 Å². The average molecular weight is 442 g/mol. The van der Waals surface area contributed by atoms with Gasteiger partial charge in [-0.25, -0.2) is 4.39 Å². The number of piperidine rings is 1. The highest BCUT2D eigenvalue weighted by Gasteiger charge is 2.33. The summed E-state index contributed by atoms with van der Waals surface area (Å²) in [5, 5.41) is 4.08. The molecule has 0 spiro atoms. The van der Waals surface area contributed by atoms with Gasteiger partial charge in [-0.2, -0.15) is 4.98 Å². The standard InChI is InChI=1S/C27H24FN3O2/c28-23-15-13-21(14-16-23)25-29-26(33-30-25)22-12-7-17-31(18-22)27(32)24(19-8-3-1-4-9-19)20-10-5-2-6-11-20/h1-6,8-11,13-16,22,24H,7,12,17-18H2. The number of rotatable bonds is 5. The van der Waals surface area contributed by atoms with Gasteiger partial charge in [-0.05, 0) is 48.2 Å². The summed E-state index contributed by atoms with van der Waals surface area (Å²) in [5.74, 6) is 0.327. The Balaban J connectivity index is 1.37. The number of carbonyl (C=O) groups excluding carboxylic acids is 1. The quantitative estimate of drug-likeness (QED) is 0.415. The molecule has 1 saturated heterocycles. The Morgan fingerprint density at radius 3 is 2.21 bits per heavy atom. The van der Waals surface area contributed by atoms with Gasteiger partial charge < -0.3 is 9.42 Å². The fourth-order valence-electron chi connectivity index (χ4n) is 4.45. The minimum absolute atomic E-state index is 0.0309. The molecule has 0 radical (unpaired) electrons. The predicted molar refractivity (Wildman–Crippen MR) is 123 cm³/mol. The van der Waals surface area contributed by atoms with E-state index in [1.165, 1.54) is 12.1 Å². The van der Waals surface area contributed by atoms with E-state index in [1.54, 1.807) is 12.1 Å². The Morgan fingerprint density at radius 1 is 0.939 bits per heavy atom. The van der Waals surface area contributed by atoms with Crippen LogP contribution in [0.2, 0.25) is 0 Å². The van der Waals surface area contributed by atoms with Crippen molar-refractivity contribution < 1.29 is 13.7 Å². The monoisotopic (exact) mass is 441 g/mol. The van der Waals surface area contributed by atoms with Crippen molar-refractivity contribution in [3.63, 3.8) is 0 Å². The van der Waals surface area contributed by atoms with Crippen LogP contribution in [-0.4, -0.2) is 34.0 Å². The normalized spacial score (nSPS) is 16.2. The van der Waals surface area contributed by atoms with E-state index in [9.17, 15) is 9.18 Å². The first-order valence-corrected chi connectivity index (χ1v) is 11.2. The Labute approximate surface area is 191 Å². The predicted octanol–water partition coefficient (Wildman–Crippen LogP) is 5.41. The summed E-state index contributed by atoms with van der Waals surface area (Å²) in [5.41, 5.74) is 2.66. The number of amides is 1. The van der Waals surface area contributed by atoms with Crippen molar-refractivity contribution in [2.75, 3.05) is 13.1 Å². The molecule has 6 heteroatoms. The zero-order chi connectivity index (χ0) is 22.6. The number of carbonyl (C=O) groups is 1. The molecule has 1 aliphatic rings. The molecule has 1 fully saturated rings. The minimum atomic E-state index is -0.358. The van der Waals surface area contributed by atoms with Gasteiger partial charge in [-0.3, -0.25) is 4.79 Å². The fraction of sp³-hybridized carbons (Fsp3) is 0.222. The number of hydrogen-bond acceptors (Lipinski definition) is 4. The largest absolute Gasteiger partial charge is 0.341 e. The maximum Gasteiger partial charge on any atom is 0.234 e. The molecule has 0 aliphatic carbocycles. The Hall–Kier alpha value is -3.80. The lowest BCUT2D eigenvalue weighted by atomic mass is 9.88. The molecule has 0 bridgehead atoms.